The Kier molecular flexibility index (Phi) is 3.35. The summed E-state index contributed by atoms with van der Waals surface area (Å²) in [5.74, 6) is -0.0390. The van der Waals surface area contributed by atoms with Crippen LogP contribution in [0.5, 0.6) is 5.75 Å². The maximum Gasteiger partial charge on any atom is 0.165 e. The summed E-state index contributed by atoms with van der Waals surface area (Å²) in [6, 6.07) is 3.36. The highest BCUT2D eigenvalue weighted by Crippen LogP contribution is 2.38. The van der Waals surface area contributed by atoms with Gasteiger partial charge in [0.05, 0.1) is 13.7 Å². The summed E-state index contributed by atoms with van der Waals surface area (Å²) in [5, 5.41) is 0. The molecule has 2 N–H and O–H groups in total. The molecule has 1 saturated carbocycles. The van der Waals surface area contributed by atoms with E-state index in [1.165, 1.54) is 13.2 Å². The normalized spacial score (nSPS) is 16.9. The molecular weight excluding hydrogens is 221 g/mol. The SMILES string of the molecule is COCc1cc(F)c(OC)c(CC2(N)CC2)c1. The van der Waals surface area contributed by atoms with Crippen molar-refractivity contribution in [3.63, 3.8) is 0 Å². The van der Waals surface area contributed by atoms with Crippen LogP contribution in [0.4, 0.5) is 4.39 Å². The molecule has 1 aromatic rings. The van der Waals surface area contributed by atoms with Gasteiger partial charge in [0.15, 0.2) is 11.6 Å². The molecule has 1 fully saturated rings. The van der Waals surface area contributed by atoms with E-state index in [0.717, 1.165) is 24.0 Å². The van der Waals surface area contributed by atoms with Gasteiger partial charge >= 0.3 is 0 Å². The first-order valence-corrected chi connectivity index (χ1v) is 5.71. The van der Waals surface area contributed by atoms with Crippen molar-refractivity contribution in [2.24, 2.45) is 5.73 Å². The van der Waals surface area contributed by atoms with E-state index in [2.05, 4.69) is 0 Å². The fourth-order valence-corrected chi connectivity index (χ4v) is 2.04. The predicted octanol–water partition coefficient (Wildman–Crippen LogP) is 2.01. The van der Waals surface area contributed by atoms with Crippen LogP contribution < -0.4 is 10.5 Å². The van der Waals surface area contributed by atoms with Crippen molar-refractivity contribution in [2.75, 3.05) is 14.2 Å². The molecule has 0 amide bonds. The van der Waals surface area contributed by atoms with E-state index in [0.29, 0.717) is 18.8 Å². The van der Waals surface area contributed by atoms with E-state index >= 15 is 0 Å². The van der Waals surface area contributed by atoms with E-state index in [-0.39, 0.29) is 11.4 Å². The number of hydrogen-bond donors (Lipinski definition) is 1. The summed E-state index contributed by atoms with van der Waals surface area (Å²) in [6.45, 7) is 0.394. The molecule has 1 aromatic carbocycles. The smallest absolute Gasteiger partial charge is 0.165 e. The highest BCUT2D eigenvalue weighted by molar-refractivity contribution is 5.40. The van der Waals surface area contributed by atoms with Gasteiger partial charge in [-0.1, -0.05) is 0 Å². The van der Waals surface area contributed by atoms with Gasteiger partial charge in [-0.15, -0.1) is 0 Å². The van der Waals surface area contributed by atoms with Gasteiger partial charge in [-0.05, 0) is 42.5 Å². The molecule has 0 saturated heterocycles. The second-order valence-corrected chi connectivity index (χ2v) is 4.74. The van der Waals surface area contributed by atoms with Crippen LogP contribution in [0, 0.1) is 5.82 Å². The summed E-state index contributed by atoms with van der Waals surface area (Å²) in [7, 11) is 3.07. The van der Waals surface area contributed by atoms with E-state index in [4.69, 9.17) is 15.2 Å². The van der Waals surface area contributed by atoms with Gasteiger partial charge in [0, 0.05) is 12.6 Å². The van der Waals surface area contributed by atoms with Crippen molar-refractivity contribution >= 4 is 0 Å². The van der Waals surface area contributed by atoms with Gasteiger partial charge in [0.25, 0.3) is 0 Å². The second kappa shape index (κ2) is 4.63. The lowest BCUT2D eigenvalue weighted by atomic mass is 10.0. The molecule has 1 aliphatic rings. The topological polar surface area (TPSA) is 44.5 Å². The summed E-state index contributed by atoms with van der Waals surface area (Å²) in [4.78, 5) is 0. The zero-order chi connectivity index (χ0) is 12.5. The zero-order valence-electron chi connectivity index (χ0n) is 10.3. The summed E-state index contributed by atoms with van der Waals surface area (Å²) >= 11 is 0. The maximum atomic E-state index is 13.8. The van der Waals surface area contributed by atoms with E-state index in [1.807, 2.05) is 6.07 Å². The number of nitrogens with two attached hydrogens (primary N) is 1. The first-order chi connectivity index (χ1) is 8.08. The Balaban J connectivity index is 2.31. The molecule has 0 aliphatic heterocycles. The molecule has 4 heteroatoms. The van der Waals surface area contributed by atoms with E-state index < -0.39 is 0 Å². The number of rotatable bonds is 5. The Bertz CT molecular complexity index is 416. The lowest BCUT2D eigenvalue weighted by molar-refractivity contribution is 0.184. The van der Waals surface area contributed by atoms with Crippen LogP contribution in [0.25, 0.3) is 0 Å². The zero-order valence-corrected chi connectivity index (χ0v) is 10.3. The largest absolute Gasteiger partial charge is 0.493 e. The molecule has 0 spiro atoms. The van der Waals surface area contributed by atoms with Gasteiger partial charge < -0.3 is 15.2 Å². The molecule has 17 heavy (non-hydrogen) atoms. The van der Waals surface area contributed by atoms with Gasteiger partial charge in [-0.25, -0.2) is 4.39 Å². The molecule has 3 nitrogen and oxygen atoms in total. The minimum atomic E-state index is -0.346. The van der Waals surface area contributed by atoms with Gasteiger partial charge in [0.1, 0.15) is 0 Å². The number of halogens is 1. The van der Waals surface area contributed by atoms with Gasteiger partial charge in [-0.3, -0.25) is 0 Å². The van der Waals surface area contributed by atoms with Crippen LogP contribution in [-0.4, -0.2) is 19.8 Å². The Morgan fingerprint density at radius 2 is 2.06 bits per heavy atom. The molecule has 1 aliphatic carbocycles. The third kappa shape index (κ3) is 2.76. The van der Waals surface area contributed by atoms with Crippen LogP contribution in [0.1, 0.15) is 24.0 Å². The van der Waals surface area contributed by atoms with Crippen molar-refractivity contribution < 1.29 is 13.9 Å². The molecule has 0 radical (unpaired) electrons. The fraction of sp³-hybridized carbons (Fsp3) is 0.538. The minimum absolute atomic E-state index is 0.161. The molecule has 0 aromatic heterocycles. The Morgan fingerprint density at radius 3 is 2.59 bits per heavy atom. The van der Waals surface area contributed by atoms with Crippen molar-refractivity contribution in [3.8, 4) is 5.75 Å². The van der Waals surface area contributed by atoms with Crippen molar-refractivity contribution in [3.05, 3.63) is 29.1 Å². The summed E-state index contributed by atoms with van der Waals surface area (Å²) in [5.41, 5.74) is 7.55. The third-order valence-corrected chi connectivity index (χ3v) is 3.13. The first kappa shape index (κ1) is 12.3. The Labute approximate surface area is 101 Å². The molecule has 0 unspecified atom stereocenters. The third-order valence-electron chi connectivity index (χ3n) is 3.13. The molecule has 94 valence electrons. The average molecular weight is 239 g/mol. The van der Waals surface area contributed by atoms with Gasteiger partial charge in [0.2, 0.25) is 0 Å². The number of benzene rings is 1. The van der Waals surface area contributed by atoms with Crippen LogP contribution >= 0.6 is 0 Å². The fourth-order valence-electron chi connectivity index (χ4n) is 2.04. The van der Waals surface area contributed by atoms with Crippen molar-refractivity contribution in [1.82, 2.24) is 0 Å². The molecule has 0 heterocycles. The standard InChI is InChI=1S/C13H18FNO2/c1-16-8-9-5-10(7-13(15)3-4-13)12(17-2)11(14)6-9/h5-6H,3-4,7-8,15H2,1-2H3. The number of ether oxygens (including phenoxy) is 2. The summed E-state index contributed by atoms with van der Waals surface area (Å²) in [6.07, 6.45) is 2.64. The van der Waals surface area contributed by atoms with Crippen LogP contribution in [0.3, 0.4) is 0 Å². The number of methoxy groups -OCH3 is 2. The highest BCUT2D eigenvalue weighted by atomic mass is 19.1. The van der Waals surface area contributed by atoms with Crippen molar-refractivity contribution in [1.29, 1.82) is 0 Å². The lowest BCUT2D eigenvalue weighted by Crippen LogP contribution is -2.25. The minimum Gasteiger partial charge on any atom is -0.493 e. The van der Waals surface area contributed by atoms with E-state index in [9.17, 15) is 4.39 Å². The Hall–Kier alpha value is -1.13. The first-order valence-electron chi connectivity index (χ1n) is 5.71. The Morgan fingerprint density at radius 1 is 1.35 bits per heavy atom. The monoisotopic (exact) mass is 239 g/mol. The second-order valence-electron chi connectivity index (χ2n) is 4.74. The molecule has 0 bridgehead atoms. The predicted molar refractivity (Wildman–Crippen MR) is 63.5 cm³/mol. The molecular formula is C13H18FNO2. The van der Waals surface area contributed by atoms with Crippen molar-refractivity contribution in [2.45, 2.75) is 31.4 Å². The maximum absolute atomic E-state index is 13.8. The molecule has 0 atom stereocenters. The molecule has 2 rings (SSSR count). The highest BCUT2D eigenvalue weighted by Gasteiger charge is 2.39. The van der Waals surface area contributed by atoms with Crippen LogP contribution in [0.2, 0.25) is 0 Å². The summed E-state index contributed by atoms with van der Waals surface area (Å²) < 4.78 is 23.9. The van der Waals surface area contributed by atoms with Gasteiger partial charge in [-0.2, -0.15) is 0 Å². The van der Waals surface area contributed by atoms with Crippen LogP contribution in [0.15, 0.2) is 12.1 Å². The van der Waals surface area contributed by atoms with E-state index in [1.54, 1.807) is 7.11 Å². The lowest BCUT2D eigenvalue weighted by Gasteiger charge is -2.15. The number of hydrogen-bond acceptors (Lipinski definition) is 3. The quantitative estimate of drug-likeness (QED) is 0.855. The average Bonchev–Trinajstić information content (AvgIpc) is 2.96. The van der Waals surface area contributed by atoms with Crippen LogP contribution in [-0.2, 0) is 17.8 Å².